The third-order valence-electron chi connectivity index (χ3n) is 3.01. The summed E-state index contributed by atoms with van der Waals surface area (Å²) in [7, 11) is 1.79. The number of hydrogen-bond donors (Lipinski definition) is 0. The van der Waals surface area contributed by atoms with Gasteiger partial charge in [0.1, 0.15) is 0 Å². The average molecular weight is 313 g/mol. The van der Waals surface area contributed by atoms with Gasteiger partial charge in [-0.1, -0.05) is 30.3 Å². The zero-order valence-electron chi connectivity index (χ0n) is 11.9. The molecule has 0 aliphatic heterocycles. The van der Waals surface area contributed by atoms with E-state index in [1.165, 1.54) is 4.88 Å². The first-order valence-electron chi connectivity index (χ1n) is 6.57. The second-order valence-corrected chi connectivity index (χ2v) is 6.65. The second kappa shape index (κ2) is 6.20. The van der Waals surface area contributed by atoms with Crippen LogP contribution in [0.2, 0.25) is 0 Å². The Labute approximate surface area is 131 Å². The molecule has 0 bridgehead atoms. The first-order valence-corrected chi connectivity index (χ1v) is 8.27. The predicted octanol–water partition coefficient (Wildman–Crippen LogP) is 4.00. The van der Waals surface area contributed by atoms with Gasteiger partial charge in [-0.2, -0.15) is 5.10 Å². The lowest BCUT2D eigenvalue weighted by molar-refractivity contribution is 0.849. The number of thiazole rings is 1. The standard InChI is InChI=1S/C16H15N3S2/c1-12-8-9-14(21-12)10-18-19-15(11-20-16(19)17-2)13-6-4-3-5-7-13/h3-11H,1-2H3. The van der Waals surface area contributed by atoms with E-state index in [4.69, 9.17) is 0 Å². The Morgan fingerprint density at radius 1 is 1.10 bits per heavy atom. The van der Waals surface area contributed by atoms with Crippen molar-refractivity contribution in [3.8, 4) is 11.3 Å². The minimum absolute atomic E-state index is 0.887. The molecule has 106 valence electrons. The van der Waals surface area contributed by atoms with Crippen LogP contribution in [0.5, 0.6) is 0 Å². The lowest BCUT2D eigenvalue weighted by atomic mass is 10.2. The first-order chi connectivity index (χ1) is 10.3. The third-order valence-corrected chi connectivity index (χ3v) is 4.85. The minimum Gasteiger partial charge on any atom is -0.261 e. The van der Waals surface area contributed by atoms with Crippen molar-refractivity contribution in [1.82, 2.24) is 4.68 Å². The van der Waals surface area contributed by atoms with Crippen molar-refractivity contribution >= 4 is 28.9 Å². The van der Waals surface area contributed by atoms with Gasteiger partial charge in [-0.3, -0.25) is 4.99 Å². The molecule has 0 amide bonds. The van der Waals surface area contributed by atoms with Crippen molar-refractivity contribution in [2.24, 2.45) is 10.1 Å². The SMILES string of the molecule is CN=c1scc(-c2ccccc2)n1N=Cc1ccc(C)s1. The molecule has 2 aromatic heterocycles. The topological polar surface area (TPSA) is 29.6 Å². The fraction of sp³-hybridized carbons (Fsp3) is 0.125. The van der Waals surface area contributed by atoms with Crippen LogP contribution < -0.4 is 4.80 Å². The summed E-state index contributed by atoms with van der Waals surface area (Å²) in [5.74, 6) is 0. The van der Waals surface area contributed by atoms with E-state index in [9.17, 15) is 0 Å². The van der Waals surface area contributed by atoms with Crippen LogP contribution in [0.4, 0.5) is 0 Å². The van der Waals surface area contributed by atoms with Gasteiger partial charge in [-0.25, -0.2) is 4.68 Å². The van der Waals surface area contributed by atoms with E-state index in [1.807, 2.05) is 29.1 Å². The molecule has 0 saturated heterocycles. The highest BCUT2D eigenvalue weighted by molar-refractivity contribution is 7.13. The highest BCUT2D eigenvalue weighted by Gasteiger charge is 2.06. The molecule has 0 atom stereocenters. The molecule has 2 heterocycles. The highest BCUT2D eigenvalue weighted by atomic mass is 32.1. The van der Waals surface area contributed by atoms with Gasteiger partial charge in [0.2, 0.25) is 4.80 Å². The largest absolute Gasteiger partial charge is 0.261 e. The summed E-state index contributed by atoms with van der Waals surface area (Å²) in [5.41, 5.74) is 2.20. The molecule has 0 radical (unpaired) electrons. The van der Waals surface area contributed by atoms with Gasteiger partial charge in [-0.05, 0) is 19.1 Å². The molecule has 0 aliphatic rings. The molecule has 0 N–H and O–H groups in total. The lowest BCUT2D eigenvalue weighted by Gasteiger charge is -2.02. The van der Waals surface area contributed by atoms with E-state index in [0.29, 0.717) is 0 Å². The molecular formula is C16H15N3S2. The average Bonchev–Trinajstić information content (AvgIpc) is 3.11. The van der Waals surface area contributed by atoms with Crippen molar-refractivity contribution in [2.75, 3.05) is 7.05 Å². The Morgan fingerprint density at radius 3 is 2.57 bits per heavy atom. The quantitative estimate of drug-likeness (QED) is 0.654. The van der Waals surface area contributed by atoms with Crippen molar-refractivity contribution in [2.45, 2.75) is 6.92 Å². The number of nitrogens with zero attached hydrogens (tertiary/aromatic N) is 3. The molecule has 3 nitrogen and oxygen atoms in total. The fourth-order valence-corrected chi connectivity index (χ4v) is 3.55. The predicted molar refractivity (Wildman–Crippen MR) is 91.3 cm³/mol. The summed E-state index contributed by atoms with van der Waals surface area (Å²) in [5, 5.41) is 6.71. The molecule has 1 aromatic carbocycles. The van der Waals surface area contributed by atoms with Crippen LogP contribution in [0.25, 0.3) is 11.3 Å². The molecule has 0 aliphatic carbocycles. The summed E-state index contributed by atoms with van der Waals surface area (Å²) in [4.78, 5) is 7.63. The Morgan fingerprint density at radius 2 is 1.90 bits per heavy atom. The number of aryl methyl sites for hydroxylation is 1. The second-order valence-electron chi connectivity index (χ2n) is 4.50. The number of hydrogen-bond acceptors (Lipinski definition) is 4. The molecule has 0 unspecified atom stereocenters. The van der Waals surface area contributed by atoms with E-state index in [-0.39, 0.29) is 0 Å². The number of benzene rings is 1. The summed E-state index contributed by atoms with van der Waals surface area (Å²) < 4.78 is 1.90. The molecule has 3 aromatic rings. The van der Waals surface area contributed by atoms with Crippen molar-refractivity contribution < 1.29 is 0 Å². The van der Waals surface area contributed by atoms with Crippen molar-refractivity contribution in [1.29, 1.82) is 0 Å². The molecule has 0 fully saturated rings. The van der Waals surface area contributed by atoms with E-state index < -0.39 is 0 Å². The van der Waals surface area contributed by atoms with Crippen LogP contribution in [0, 0.1) is 6.92 Å². The minimum atomic E-state index is 0.887. The molecule has 0 saturated carbocycles. The first kappa shape index (κ1) is 14.0. The lowest BCUT2D eigenvalue weighted by Crippen LogP contribution is -2.11. The maximum absolute atomic E-state index is 4.62. The van der Waals surface area contributed by atoms with E-state index in [1.54, 1.807) is 29.7 Å². The van der Waals surface area contributed by atoms with Gasteiger partial charge in [0, 0.05) is 27.7 Å². The third kappa shape index (κ3) is 3.04. The summed E-state index contributed by atoms with van der Waals surface area (Å²) in [6.07, 6.45) is 1.89. The van der Waals surface area contributed by atoms with Crippen LogP contribution in [-0.2, 0) is 0 Å². The van der Waals surface area contributed by atoms with Gasteiger partial charge >= 0.3 is 0 Å². The van der Waals surface area contributed by atoms with Gasteiger partial charge in [0.25, 0.3) is 0 Å². The monoisotopic (exact) mass is 313 g/mol. The summed E-state index contributed by atoms with van der Waals surface area (Å²) in [6.45, 7) is 2.10. The number of aromatic nitrogens is 1. The Bertz CT molecular complexity index is 823. The van der Waals surface area contributed by atoms with Crippen LogP contribution in [0.3, 0.4) is 0 Å². The van der Waals surface area contributed by atoms with E-state index in [0.717, 1.165) is 20.9 Å². The van der Waals surface area contributed by atoms with Crippen LogP contribution in [0.1, 0.15) is 9.75 Å². The van der Waals surface area contributed by atoms with Gasteiger partial charge < -0.3 is 0 Å². The molecule has 3 rings (SSSR count). The van der Waals surface area contributed by atoms with Crippen LogP contribution >= 0.6 is 22.7 Å². The fourth-order valence-electron chi connectivity index (χ4n) is 2.01. The van der Waals surface area contributed by atoms with E-state index in [2.05, 4.69) is 46.7 Å². The van der Waals surface area contributed by atoms with Gasteiger partial charge in [0.15, 0.2) is 0 Å². The summed E-state index contributed by atoms with van der Waals surface area (Å²) in [6, 6.07) is 14.4. The van der Waals surface area contributed by atoms with Crippen LogP contribution in [-0.4, -0.2) is 17.9 Å². The van der Waals surface area contributed by atoms with Gasteiger partial charge in [0.05, 0.1) is 11.9 Å². The zero-order chi connectivity index (χ0) is 14.7. The molecular weight excluding hydrogens is 298 g/mol. The van der Waals surface area contributed by atoms with Crippen LogP contribution in [0.15, 0.2) is 57.9 Å². The molecule has 5 heteroatoms. The molecule has 21 heavy (non-hydrogen) atoms. The normalized spacial score (nSPS) is 12.4. The summed E-state index contributed by atoms with van der Waals surface area (Å²) >= 11 is 3.33. The smallest absolute Gasteiger partial charge is 0.205 e. The van der Waals surface area contributed by atoms with Crippen molar-refractivity contribution in [3.63, 3.8) is 0 Å². The Hall–Kier alpha value is -1.98. The number of rotatable bonds is 3. The van der Waals surface area contributed by atoms with Gasteiger partial charge in [-0.15, -0.1) is 22.7 Å². The Kier molecular flexibility index (Phi) is 4.13. The number of thiophene rings is 1. The van der Waals surface area contributed by atoms with Crippen molar-refractivity contribution in [3.05, 3.63) is 62.4 Å². The maximum Gasteiger partial charge on any atom is 0.205 e. The Balaban J connectivity index is 2.05. The highest BCUT2D eigenvalue weighted by Crippen LogP contribution is 2.20. The zero-order valence-corrected chi connectivity index (χ0v) is 13.5. The maximum atomic E-state index is 4.62. The molecule has 0 spiro atoms. The van der Waals surface area contributed by atoms with E-state index >= 15 is 0 Å².